The van der Waals surface area contributed by atoms with Gasteiger partial charge in [-0.1, -0.05) is 54.2 Å². The maximum atomic E-state index is 12.2. The number of amides is 1. The molecule has 0 unspecified atom stereocenters. The Labute approximate surface area is 151 Å². The van der Waals surface area contributed by atoms with Crippen molar-refractivity contribution in [3.05, 3.63) is 59.7 Å². The van der Waals surface area contributed by atoms with Crippen LogP contribution >= 0.6 is 11.8 Å². The molecule has 0 aliphatic carbocycles. The fraction of sp³-hybridized carbons (Fsp3) is 0.211. The van der Waals surface area contributed by atoms with Crippen molar-refractivity contribution in [1.29, 1.82) is 0 Å². The lowest BCUT2D eigenvalue weighted by Gasteiger charge is -2.08. The lowest BCUT2D eigenvalue weighted by atomic mass is 10.1. The zero-order chi connectivity index (χ0) is 17.8. The predicted octanol–water partition coefficient (Wildman–Crippen LogP) is 3.83. The van der Waals surface area contributed by atoms with Crippen molar-refractivity contribution in [2.24, 2.45) is 7.05 Å². The molecule has 0 atom stereocenters. The molecule has 1 N–H and O–H groups in total. The number of rotatable bonds is 5. The highest BCUT2D eigenvalue weighted by Gasteiger charge is 2.14. The number of hydrogen-bond acceptors (Lipinski definition) is 4. The molecule has 5 nitrogen and oxygen atoms in total. The topological polar surface area (TPSA) is 59.8 Å². The number of nitrogens with zero attached hydrogens (tertiary/aromatic N) is 3. The van der Waals surface area contributed by atoms with Crippen molar-refractivity contribution in [3.63, 3.8) is 0 Å². The number of carbonyl (C=O) groups is 1. The monoisotopic (exact) mass is 352 g/mol. The quantitative estimate of drug-likeness (QED) is 0.709. The van der Waals surface area contributed by atoms with Crippen LogP contribution in [0.15, 0.2) is 53.7 Å². The Hall–Kier alpha value is -2.60. The zero-order valence-electron chi connectivity index (χ0n) is 14.5. The van der Waals surface area contributed by atoms with Crippen molar-refractivity contribution >= 4 is 23.4 Å². The van der Waals surface area contributed by atoms with Gasteiger partial charge in [0.05, 0.1) is 5.75 Å². The first-order valence-electron chi connectivity index (χ1n) is 8.00. The van der Waals surface area contributed by atoms with Gasteiger partial charge in [0.1, 0.15) is 0 Å². The number of benzene rings is 2. The minimum Gasteiger partial charge on any atom is -0.325 e. The second kappa shape index (κ2) is 7.53. The summed E-state index contributed by atoms with van der Waals surface area (Å²) >= 11 is 1.38. The third kappa shape index (κ3) is 3.91. The Morgan fingerprint density at radius 2 is 1.72 bits per heavy atom. The van der Waals surface area contributed by atoms with Gasteiger partial charge in [0.15, 0.2) is 11.0 Å². The molecule has 0 aliphatic heterocycles. The van der Waals surface area contributed by atoms with Gasteiger partial charge in [-0.05, 0) is 31.0 Å². The van der Waals surface area contributed by atoms with Crippen molar-refractivity contribution in [2.75, 3.05) is 11.1 Å². The highest BCUT2D eigenvalue weighted by molar-refractivity contribution is 7.99. The summed E-state index contributed by atoms with van der Waals surface area (Å²) in [6.45, 7) is 4.02. The molecular weight excluding hydrogens is 332 g/mol. The van der Waals surface area contributed by atoms with E-state index in [0.717, 1.165) is 33.4 Å². The van der Waals surface area contributed by atoms with E-state index in [4.69, 9.17) is 0 Å². The largest absolute Gasteiger partial charge is 0.325 e. The number of carbonyl (C=O) groups excluding carboxylic acids is 1. The maximum Gasteiger partial charge on any atom is 0.234 e. The fourth-order valence-corrected chi connectivity index (χ4v) is 3.24. The van der Waals surface area contributed by atoms with E-state index in [1.165, 1.54) is 11.8 Å². The number of hydrogen-bond donors (Lipinski definition) is 1. The summed E-state index contributed by atoms with van der Waals surface area (Å²) in [7, 11) is 1.92. The number of aromatic nitrogens is 3. The molecule has 0 radical (unpaired) electrons. The number of anilines is 1. The normalized spacial score (nSPS) is 10.7. The molecule has 3 aromatic rings. The van der Waals surface area contributed by atoms with Gasteiger partial charge >= 0.3 is 0 Å². The molecule has 0 spiro atoms. The lowest BCUT2D eigenvalue weighted by molar-refractivity contribution is -0.113. The molecular formula is C19H20N4OS. The van der Waals surface area contributed by atoms with Gasteiger partial charge in [-0.25, -0.2) is 0 Å². The van der Waals surface area contributed by atoms with Crippen LogP contribution in [0.3, 0.4) is 0 Å². The summed E-state index contributed by atoms with van der Waals surface area (Å²) in [5, 5.41) is 12.2. The summed E-state index contributed by atoms with van der Waals surface area (Å²) in [5.41, 5.74) is 4.08. The van der Waals surface area contributed by atoms with Crippen LogP contribution in [-0.4, -0.2) is 26.4 Å². The Morgan fingerprint density at radius 3 is 2.44 bits per heavy atom. The van der Waals surface area contributed by atoms with Crippen LogP contribution in [-0.2, 0) is 11.8 Å². The van der Waals surface area contributed by atoms with Crippen LogP contribution in [0, 0.1) is 13.8 Å². The molecule has 3 rings (SSSR count). The zero-order valence-corrected chi connectivity index (χ0v) is 15.3. The van der Waals surface area contributed by atoms with Crippen LogP contribution in [0.4, 0.5) is 5.69 Å². The van der Waals surface area contributed by atoms with Gasteiger partial charge < -0.3 is 9.88 Å². The van der Waals surface area contributed by atoms with Crippen LogP contribution in [0.25, 0.3) is 11.4 Å². The Kier molecular flexibility index (Phi) is 5.19. The molecule has 0 bridgehead atoms. The Morgan fingerprint density at radius 1 is 1.04 bits per heavy atom. The lowest BCUT2D eigenvalue weighted by Crippen LogP contribution is -2.15. The van der Waals surface area contributed by atoms with Crippen molar-refractivity contribution in [2.45, 2.75) is 19.0 Å². The van der Waals surface area contributed by atoms with Crippen molar-refractivity contribution < 1.29 is 4.79 Å². The third-order valence-corrected chi connectivity index (χ3v) is 4.99. The fourth-order valence-electron chi connectivity index (χ4n) is 2.53. The molecule has 0 fully saturated rings. The second-order valence-corrected chi connectivity index (χ2v) is 6.77. The van der Waals surface area contributed by atoms with Gasteiger partial charge in [0, 0.05) is 18.3 Å². The molecule has 1 heterocycles. The number of para-hydroxylation sites is 1. The standard InChI is InChI=1S/C19H20N4OS/c1-13-8-4-6-10-15(13)18-21-22-19(23(18)3)25-12-17(24)20-16-11-7-5-9-14(16)2/h4-11H,12H2,1-3H3,(H,20,24). The van der Waals surface area contributed by atoms with Gasteiger partial charge in [-0.2, -0.15) is 0 Å². The van der Waals surface area contributed by atoms with Crippen molar-refractivity contribution in [3.8, 4) is 11.4 Å². The van der Waals surface area contributed by atoms with E-state index < -0.39 is 0 Å². The molecule has 128 valence electrons. The first-order valence-corrected chi connectivity index (χ1v) is 8.98. The summed E-state index contributed by atoms with van der Waals surface area (Å²) in [5.74, 6) is 1.04. The van der Waals surface area contributed by atoms with Gasteiger partial charge in [-0.3, -0.25) is 4.79 Å². The molecule has 1 aromatic heterocycles. The first kappa shape index (κ1) is 17.2. The molecule has 6 heteroatoms. The van der Waals surface area contributed by atoms with E-state index in [2.05, 4.69) is 15.5 Å². The Bertz CT molecular complexity index is 904. The highest BCUT2D eigenvalue weighted by atomic mass is 32.2. The summed E-state index contributed by atoms with van der Waals surface area (Å²) in [6.07, 6.45) is 0. The van der Waals surface area contributed by atoms with E-state index in [-0.39, 0.29) is 11.7 Å². The third-order valence-electron chi connectivity index (χ3n) is 3.97. The van der Waals surface area contributed by atoms with Crippen LogP contribution < -0.4 is 5.32 Å². The smallest absolute Gasteiger partial charge is 0.234 e. The van der Waals surface area contributed by atoms with Gasteiger partial charge in [-0.15, -0.1) is 10.2 Å². The minimum absolute atomic E-state index is 0.0558. The van der Waals surface area contributed by atoms with E-state index in [0.29, 0.717) is 0 Å². The minimum atomic E-state index is -0.0558. The highest BCUT2D eigenvalue weighted by Crippen LogP contribution is 2.25. The number of nitrogens with one attached hydrogen (secondary N) is 1. The molecule has 0 aliphatic rings. The molecule has 1 amide bonds. The molecule has 25 heavy (non-hydrogen) atoms. The van der Waals surface area contributed by atoms with Crippen molar-refractivity contribution in [1.82, 2.24) is 14.8 Å². The van der Waals surface area contributed by atoms with E-state index in [1.807, 2.05) is 74.0 Å². The molecule has 0 saturated heterocycles. The maximum absolute atomic E-state index is 12.2. The average Bonchev–Trinajstić information content (AvgIpc) is 2.96. The van der Waals surface area contributed by atoms with Gasteiger partial charge in [0.25, 0.3) is 0 Å². The summed E-state index contributed by atoms with van der Waals surface area (Å²) in [6, 6.07) is 15.8. The van der Waals surface area contributed by atoms with E-state index >= 15 is 0 Å². The van der Waals surface area contributed by atoms with Gasteiger partial charge in [0.2, 0.25) is 5.91 Å². The average molecular weight is 352 g/mol. The van der Waals surface area contributed by atoms with E-state index in [9.17, 15) is 4.79 Å². The SMILES string of the molecule is Cc1ccccc1NC(=O)CSc1nnc(-c2ccccc2C)n1C. The van der Waals surface area contributed by atoms with Crippen LogP contribution in [0.1, 0.15) is 11.1 Å². The summed E-state index contributed by atoms with van der Waals surface area (Å²) < 4.78 is 1.92. The predicted molar refractivity (Wildman–Crippen MR) is 102 cm³/mol. The Balaban J connectivity index is 1.67. The molecule has 0 saturated carbocycles. The van der Waals surface area contributed by atoms with E-state index in [1.54, 1.807) is 0 Å². The number of thioether (sulfide) groups is 1. The first-order chi connectivity index (χ1) is 12.1. The second-order valence-electron chi connectivity index (χ2n) is 5.83. The van der Waals surface area contributed by atoms with Crippen LogP contribution in [0.5, 0.6) is 0 Å². The van der Waals surface area contributed by atoms with Crippen LogP contribution in [0.2, 0.25) is 0 Å². The molecule has 2 aromatic carbocycles. The number of aryl methyl sites for hydroxylation is 2. The summed E-state index contributed by atoms with van der Waals surface area (Å²) in [4.78, 5) is 12.2.